The highest BCUT2D eigenvalue weighted by Crippen LogP contribution is 2.30. The number of thiazole rings is 1. The number of aromatic nitrogens is 3. The monoisotopic (exact) mass is 377 g/mol. The predicted molar refractivity (Wildman–Crippen MR) is 93.7 cm³/mol. The lowest BCUT2D eigenvalue weighted by atomic mass is 10.3. The Kier molecular flexibility index (Phi) is 4.10. The van der Waals surface area contributed by atoms with Gasteiger partial charge in [-0.3, -0.25) is 0 Å². The van der Waals surface area contributed by atoms with Crippen molar-refractivity contribution in [1.82, 2.24) is 15.2 Å². The summed E-state index contributed by atoms with van der Waals surface area (Å²) in [5, 5.41) is 9.66. The summed E-state index contributed by atoms with van der Waals surface area (Å²) in [7, 11) is 0. The van der Waals surface area contributed by atoms with Gasteiger partial charge in [0.25, 0.3) is 11.8 Å². The number of nitrogens with zero attached hydrogens (tertiary/aromatic N) is 3. The minimum absolute atomic E-state index is 0.110. The summed E-state index contributed by atoms with van der Waals surface area (Å²) < 4.78 is 12.3. The summed E-state index contributed by atoms with van der Waals surface area (Å²) in [4.78, 5) is 4.48. The minimum Gasteiger partial charge on any atom is -0.482 e. The molecule has 0 radical (unpaired) electrons. The van der Waals surface area contributed by atoms with Crippen LogP contribution in [0.3, 0.4) is 0 Å². The molecule has 4 rings (SSSR count). The van der Waals surface area contributed by atoms with E-state index in [1.807, 2.05) is 24.3 Å². The van der Waals surface area contributed by atoms with Gasteiger partial charge >= 0.3 is 0 Å². The molecule has 0 N–H and O–H groups in total. The van der Waals surface area contributed by atoms with Crippen LogP contribution in [-0.2, 0) is 6.61 Å². The van der Waals surface area contributed by atoms with Crippen LogP contribution >= 0.6 is 34.5 Å². The Labute approximate surface area is 150 Å². The van der Waals surface area contributed by atoms with Gasteiger partial charge in [-0.1, -0.05) is 35.3 Å². The molecule has 0 aliphatic rings. The predicted octanol–water partition coefficient (Wildman–Crippen LogP) is 5.23. The van der Waals surface area contributed by atoms with Gasteiger partial charge in [0.15, 0.2) is 11.6 Å². The number of ether oxygens (including phenoxy) is 1. The van der Waals surface area contributed by atoms with E-state index < -0.39 is 0 Å². The third kappa shape index (κ3) is 3.08. The second-order valence-electron chi connectivity index (χ2n) is 4.85. The van der Waals surface area contributed by atoms with Gasteiger partial charge in [0.05, 0.1) is 15.2 Å². The number of hydrogen-bond donors (Lipinski definition) is 0. The Balaban J connectivity index is 1.52. The van der Waals surface area contributed by atoms with E-state index in [0.717, 1.165) is 10.2 Å². The van der Waals surface area contributed by atoms with Crippen LogP contribution in [0, 0.1) is 0 Å². The maximum atomic E-state index is 6.06. The molecule has 0 aliphatic heterocycles. The molecule has 8 heteroatoms. The molecular formula is C16H9Cl2N3O2S. The SMILES string of the molecule is Clc1ccc(OCc2nnc(-c3nc4ccccc4s3)o2)c(Cl)c1. The molecule has 0 bridgehead atoms. The van der Waals surface area contributed by atoms with Crippen molar-refractivity contribution in [1.29, 1.82) is 0 Å². The highest BCUT2D eigenvalue weighted by molar-refractivity contribution is 7.21. The van der Waals surface area contributed by atoms with Crippen molar-refractivity contribution in [2.75, 3.05) is 0 Å². The Hall–Kier alpha value is -2.15. The van der Waals surface area contributed by atoms with Gasteiger partial charge in [-0.05, 0) is 30.3 Å². The fraction of sp³-hybridized carbons (Fsp3) is 0.0625. The minimum atomic E-state index is 0.110. The van der Waals surface area contributed by atoms with Crippen molar-refractivity contribution in [2.24, 2.45) is 0 Å². The third-order valence-electron chi connectivity index (χ3n) is 3.19. The molecule has 0 atom stereocenters. The first kappa shape index (κ1) is 15.4. The summed E-state index contributed by atoms with van der Waals surface area (Å²) in [6, 6.07) is 12.8. The van der Waals surface area contributed by atoms with E-state index in [4.69, 9.17) is 32.4 Å². The molecule has 24 heavy (non-hydrogen) atoms. The molecular weight excluding hydrogens is 369 g/mol. The van der Waals surface area contributed by atoms with Crippen LogP contribution in [0.5, 0.6) is 5.75 Å². The van der Waals surface area contributed by atoms with Gasteiger partial charge in [-0.2, -0.15) is 0 Å². The highest BCUT2D eigenvalue weighted by Gasteiger charge is 2.14. The van der Waals surface area contributed by atoms with Crippen LogP contribution in [0.2, 0.25) is 10.0 Å². The smallest absolute Gasteiger partial charge is 0.276 e. The van der Waals surface area contributed by atoms with Crippen molar-refractivity contribution in [3.8, 4) is 16.6 Å². The normalized spacial score (nSPS) is 11.1. The molecule has 0 spiro atoms. The molecule has 4 aromatic rings. The summed E-state index contributed by atoms with van der Waals surface area (Å²) >= 11 is 13.4. The topological polar surface area (TPSA) is 61.0 Å². The average Bonchev–Trinajstić information content (AvgIpc) is 3.20. The lowest BCUT2D eigenvalue weighted by Crippen LogP contribution is -1.96. The number of rotatable bonds is 4. The molecule has 0 amide bonds. The molecule has 120 valence electrons. The number of benzene rings is 2. The molecule has 2 aromatic heterocycles. The van der Waals surface area contributed by atoms with Gasteiger partial charge < -0.3 is 9.15 Å². The van der Waals surface area contributed by atoms with Crippen LogP contribution < -0.4 is 4.74 Å². The first-order valence-electron chi connectivity index (χ1n) is 6.95. The Bertz CT molecular complexity index is 982. The second-order valence-corrected chi connectivity index (χ2v) is 6.73. The average molecular weight is 378 g/mol. The van der Waals surface area contributed by atoms with Crippen LogP contribution in [0.25, 0.3) is 21.1 Å². The fourth-order valence-corrected chi connectivity index (χ4v) is 3.44. The lowest BCUT2D eigenvalue weighted by molar-refractivity contribution is 0.264. The van der Waals surface area contributed by atoms with Crippen molar-refractivity contribution < 1.29 is 9.15 Å². The largest absolute Gasteiger partial charge is 0.482 e. The van der Waals surface area contributed by atoms with E-state index >= 15 is 0 Å². The molecule has 0 aliphatic carbocycles. The summed E-state index contributed by atoms with van der Waals surface area (Å²) in [5.41, 5.74) is 0.904. The van der Waals surface area contributed by atoms with E-state index in [1.165, 1.54) is 11.3 Å². The van der Waals surface area contributed by atoms with Crippen LogP contribution in [0.1, 0.15) is 5.89 Å². The zero-order valence-corrected chi connectivity index (χ0v) is 14.4. The molecule has 2 heterocycles. The van der Waals surface area contributed by atoms with E-state index in [2.05, 4.69) is 15.2 Å². The maximum Gasteiger partial charge on any atom is 0.276 e. The number of halogens is 2. The van der Waals surface area contributed by atoms with Crippen molar-refractivity contribution >= 4 is 44.8 Å². The molecule has 0 saturated carbocycles. The maximum absolute atomic E-state index is 6.06. The van der Waals surface area contributed by atoms with E-state index in [-0.39, 0.29) is 6.61 Å². The second kappa shape index (κ2) is 6.39. The van der Waals surface area contributed by atoms with Gasteiger partial charge in [-0.25, -0.2) is 4.98 Å². The van der Waals surface area contributed by atoms with Gasteiger partial charge in [0.2, 0.25) is 0 Å². The molecule has 0 saturated heterocycles. The van der Waals surface area contributed by atoms with E-state index in [1.54, 1.807) is 18.2 Å². The summed E-state index contributed by atoms with van der Waals surface area (Å²) in [5.74, 6) is 1.22. The summed E-state index contributed by atoms with van der Waals surface area (Å²) in [6.07, 6.45) is 0. The first-order valence-corrected chi connectivity index (χ1v) is 8.52. The fourth-order valence-electron chi connectivity index (χ4n) is 2.09. The molecule has 5 nitrogen and oxygen atoms in total. The van der Waals surface area contributed by atoms with E-state index in [9.17, 15) is 0 Å². The zero-order valence-electron chi connectivity index (χ0n) is 12.1. The van der Waals surface area contributed by atoms with Gasteiger partial charge in [0.1, 0.15) is 5.75 Å². The van der Waals surface area contributed by atoms with Crippen molar-refractivity contribution in [2.45, 2.75) is 6.61 Å². The standard InChI is InChI=1S/C16H9Cl2N3O2S/c17-9-5-6-12(10(18)7-9)22-8-14-20-21-15(23-14)16-19-11-3-1-2-4-13(11)24-16/h1-7H,8H2. The van der Waals surface area contributed by atoms with Gasteiger partial charge in [0, 0.05) is 5.02 Å². The van der Waals surface area contributed by atoms with Crippen molar-refractivity contribution in [3.05, 3.63) is 58.4 Å². The van der Waals surface area contributed by atoms with Crippen LogP contribution in [-0.4, -0.2) is 15.2 Å². The Morgan fingerprint density at radius 3 is 2.79 bits per heavy atom. The third-order valence-corrected chi connectivity index (χ3v) is 4.74. The van der Waals surface area contributed by atoms with Crippen molar-refractivity contribution in [3.63, 3.8) is 0 Å². The zero-order chi connectivity index (χ0) is 16.5. The highest BCUT2D eigenvalue weighted by atomic mass is 35.5. The summed E-state index contributed by atoms with van der Waals surface area (Å²) in [6.45, 7) is 0.110. The quantitative estimate of drug-likeness (QED) is 0.487. The first-order chi connectivity index (χ1) is 11.7. The molecule has 0 fully saturated rings. The van der Waals surface area contributed by atoms with Crippen LogP contribution in [0.4, 0.5) is 0 Å². The number of hydrogen-bond acceptors (Lipinski definition) is 6. The number of para-hydroxylation sites is 1. The Morgan fingerprint density at radius 2 is 1.96 bits per heavy atom. The lowest BCUT2D eigenvalue weighted by Gasteiger charge is -2.05. The molecule has 0 unspecified atom stereocenters. The molecule has 2 aromatic carbocycles. The number of fused-ring (bicyclic) bond motifs is 1. The van der Waals surface area contributed by atoms with Gasteiger partial charge in [-0.15, -0.1) is 21.5 Å². The van der Waals surface area contributed by atoms with E-state index in [0.29, 0.717) is 32.6 Å². The van der Waals surface area contributed by atoms with Crippen LogP contribution in [0.15, 0.2) is 46.9 Å². The Morgan fingerprint density at radius 1 is 1.08 bits per heavy atom.